The van der Waals surface area contributed by atoms with Crippen LogP contribution >= 0.6 is 11.8 Å². The molecule has 13 heteroatoms. The number of nitro benzene ring substituents is 2. The van der Waals surface area contributed by atoms with Crippen LogP contribution in [0.15, 0.2) is 58.7 Å². The molecule has 0 bridgehead atoms. The predicted octanol–water partition coefficient (Wildman–Crippen LogP) is 2.45. The molecule has 2 N–H and O–H groups in total. The van der Waals surface area contributed by atoms with Crippen molar-refractivity contribution in [3.05, 3.63) is 74.3 Å². The molecule has 1 heterocycles. The van der Waals surface area contributed by atoms with Crippen molar-refractivity contribution in [2.45, 2.75) is 11.7 Å². The Morgan fingerprint density at radius 1 is 1.10 bits per heavy atom. The van der Waals surface area contributed by atoms with E-state index in [-0.39, 0.29) is 34.2 Å². The lowest BCUT2D eigenvalue weighted by Crippen LogP contribution is -2.28. The minimum Gasteiger partial charge on any atom is -0.320 e. The zero-order chi connectivity index (χ0) is 22.4. The molecule has 1 aliphatic heterocycles. The highest BCUT2D eigenvalue weighted by Crippen LogP contribution is 2.26. The first kappa shape index (κ1) is 21.6. The topological polar surface area (TPSA) is 169 Å². The Hall–Kier alpha value is -4.13. The van der Waals surface area contributed by atoms with Crippen LogP contribution in [0.3, 0.4) is 0 Å². The quantitative estimate of drug-likeness (QED) is 0.377. The lowest BCUT2D eigenvalue weighted by atomic mass is 10.2. The van der Waals surface area contributed by atoms with E-state index in [1.165, 1.54) is 42.6 Å². The van der Waals surface area contributed by atoms with Crippen LogP contribution in [-0.4, -0.2) is 38.3 Å². The van der Waals surface area contributed by atoms with Crippen molar-refractivity contribution in [1.82, 2.24) is 5.32 Å². The maximum atomic E-state index is 12.2. The van der Waals surface area contributed by atoms with Gasteiger partial charge in [0.15, 0.2) is 5.17 Å². The van der Waals surface area contributed by atoms with Gasteiger partial charge in [0, 0.05) is 18.6 Å². The first-order chi connectivity index (χ1) is 14.8. The smallest absolute Gasteiger partial charge is 0.292 e. The SMILES string of the molecule is O=C(CC1S/C(=N/N=C/c2ccccc2[N+](=O)[O-])NC1=O)Nc1ccccc1[N+](=O)[O-]. The van der Waals surface area contributed by atoms with Gasteiger partial charge in [0.1, 0.15) is 10.9 Å². The van der Waals surface area contributed by atoms with Crippen LogP contribution in [0.1, 0.15) is 12.0 Å². The summed E-state index contributed by atoms with van der Waals surface area (Å²) < 4.78 is 0. The van der Waals surface area contributed by atoms with Gasteiger partial charge in [-0.3, -0.25) is 29.8 Å². The minimum absolute atomic E-state index is 0.0313. The van der Waals surface area contributed by atoms with E-state index in [1.807, 2.05) is 0 Å². The number of carbonyl (C=O) groups is 2. The third-order valence-electron chi connectivity index (χ3n) is 4.00. The van der Waals surface area contributed by atoms with E-state index in [2.05, 4.69) is 20.8 Å². The molecular weight excluding hydrogens is 428 g/mol. The molecule has 2 aromatic carbocycles. The molecule has 1 atom stereocenters. The Labute approximate surface area is 178 Å². The van der Waals surface area contributed by atoms with Crippen LogP contribution in [0.5, 0.6) is 0 Å². The van der Waals surface area contributed by atoms with E-state index >= 15 is 0 Å². The normalized spacial score (nSPS) is 17.0. The van der Waals surface area contributed by atoms with Crippen LogP contribution in [-0.2, 0) is 9.59 Å². The fraction of sp³-hybridized carbons (Fsp3) is 0.111. The number of thioether (sulfide) groups is 1. The zero-order valence-electron chi connectivity index (χ0n) is 15.6. The number of nitrogens with one attached hydrogen (secondary N) is 2. The minimum atomic E-state index is -0.803. The first-order valence-electron chi connectivity index (χ1n) is 8.70. The van der Waals surface area contributed by atoms with Gasteiger partial charge in [-0.2, -0.15) is 5.10 Å². The third kappa shape index (κ3) is 5.48. The summed E-state index contributed by atoms with van der Waals surface area (Å²) in [4.78, 5) is 45.2. The number of amides is 2. The van der Waals surface area contributed by atoms with Crippen LogP contribution in [0.2, 0.25) is 0 Å². The molecule has 31 heavy (non-hydrogen) atoms. The highest BCUT2D eigenvalue weighted by molar-refractivity contribution is 8.15. The summed E-state index contributed by atoms with van der Waals surface area (Å²) in [5.74, 6) is -1.05. The van der Waals surface area contributed by atoms with Crippen LogP contribution in [0.4, 0.5) is 17.1 Å². The van der Waals surface area contributed by atoms with Gasteiger partial charge in [-0.1, -0.05) is 36.0 Å². The number of hydrogen-bond donors (Lipinski definition) is 2. The molecule has 0 saturated carbocycles. The third-order valence-corrected chi connectivity index (χ3v) is 5.07. The number of rotatable bonds is 7. The number of amidine groups is 1. The molecule has 12 nitrogen and oxygen atoms in total. The van der Waals surface area contributed by atoms with Crippen molar-refractivity contribution in [2.75, 3.05) is 5.32 Å². The largest absolute Gasteiger partial charge is 0.320 e. The number of nitrogens with zero attached hydrogens (tertiary/aromatic N) is 4. The maximum Gasteiger partial charge on any atom is 0.292 e. The summed E-state index contributed by atoms with van der Waals surface area (Å²) in [6.07, 6.45) is 0.946. The van der Waals surface area contributed by atoms with E-state index in [4.69, 9.17) is 0 Å². The van der Waals surface area contributed by atoms with Crippen molar-refractivity contribution in [1.29, 1.82) is 0 Å². The summed E-state index contributed by atoms with van der Waals surface area (Å²) in [7, 11) is 0. The van der Waals surface area contributed by atoms with Gasteiger partial charge in [0.2, 0.25) is 11.8 Å². The van der Waals surface area contributed by atoms with Crippen molar-refractivity contribution in [2.24, 2.45) is 10.2 Å². The highest BCUT2D eigenvalue weighted by Gasteiger charge is 2.32. The maximum absolute atomic E-state index is 12.2. The monoisotopic (exact) mass is 442 g/mol. The summed E-state index contributed by atoms with van der Waals surface area (Å²) in [5, 5.41) is 33.8. The number of para-hydroxylation sites is 3. The summed E-state index contributed by atoms with van der Waals surface area (Å²) in [5.41, 5.74) is -0.125. The number of carbonyl (C=O) groups excluding carboxylic acids is 2. The molecule has 1 unspecified atom stereocenters. The summed E-state index contributed by atoms with van der Waals surface area (Å²) in [6.45, 7) is 0. The van der Waals surface area contributed by atoms with Crippen molar-refractivity contribution in [3.63, 3.8) is 0 Å². The predicted molar refractivity (Wildman–Crippen MR) is 114 cm³/mol. The van der Waals surface area contributed by atoms with Crippen LogP contribution < -0.4 is 10.6 Å². The van der Waals surface area contributed by atoms with E-state index < -0.39 is 26.9 Å². The Kier molecular flexibility index (Phi) is 6.67. The molecular formula is C18H14N6O6S. The van der Waals surface area contributed by atoms with Crippen molar-refractivity contribution in [3.8, 4) is 0 Å². The molecule has 3 rings (SSSR count). The second-order valence-corrected chi connectivity index (χ2v) is 7.28. The van der Waals surface area contributed by atoms with Gasteiger partial charge in [-0.15, -0.1) is 5.10 Å². The molecule has 2 aromatic rings. The number of benzene rings is 2. The Morgan fingerprint density at radius 2 is 1.74 bits per heavy atom. The van der Waals surface area contributed by atoms with Gasteiger partial charge in [0.25, 0.3) is 11.4 Å². The van der Waals surface area contributed by atoms with Crippen LogP contribution in [0, 0.1) is 20.2 Å². The van der Waals surface area contributed by atoms with Gasteiger partial charge in [-0.05, 0) is 12.1 Å². The fourth-order valence-electron chi connectivity index (χ4n) is 2.60. The highest BCUT2D eigenvalue weighted by atomic mass is 32.2. The molecule has 0 aliphatic carbocycles. The summed E-state index contributed by atoms with van der Waals surface area (Å²) in [6, 6.07) is 11.6. The van der Waals surface area contributed by atoms with Crippen LogP contribution in [0.25, 0.3) is 0 Å². The van der Waals surface area contributed by atoms with Crippen molar-refractivity contribution >= 4 is 52.0 Å². The number of anilines is 1. The average molecular weight is 442 g/mol. The van der Waals surface area contributed by atoms with E-state index in [9.17, 15) is 29.8 Å². The molecule has 0 aromatic heterocycles. The van der Waals surface area contributed by atoms with Crippen molar-refractivity contribution < 1.29 is 19.4 Å². The standard InChI is InChI=1S/C18H14N6O6S/c25-16(20-12-6-2-4-8-14(12)24(29)30)9-15-17(26)21-18(31-15)22-19-10-11-5-1-3-7-13(11)23(27)28/h1-8,10,15H,9H2,(H,20,25)(H,21,22,26)/b19-10+. The molecule has 0 spiro atoms. The second kappa shape index (κ2) is 9.58. The number of nitro groups is 2. The van der Waals surface area contributed by atoms with E-state index in [1.54, 1.807) is 12.1 Å². The Morgan fingerprint density at radius 3 is 2.45 bits per heavy atom. The summed E-state index contributed by atoms with van der Waals surface area (Å²) >= 11 is 0.961. The van der Waals surface area contributed by atoms with Gasteiger partial charge < -0.3 is 10.6 Å². The van der Waals surface area contributed by atoms with E-state index in [0.717, 1.165) is 11.8 Å². The lowest BCUT2D eigenvalue weighted by molar-refractivity contribution is -0.385. The number of hydrogen-bond acceptors (Lipinski definition) is 9. The molecule has 1 fully saturated rings. The van der Waals surface area contributed by atoms with Gasteiger partial charge in [0.05, 0.1) is 21.6 Å². The van der Waals surface area contributed by atoms with Gasteiger partial charge in [-0.25, -0.2) is 0 Å². The molecule has 2 amide bonds. The first-order valence-corrected chi connectivity index (χ1v) is 9.58. The fourth-order valence-corrected chi connectivity index (χ4v) is 3.53. The average Bonchev–Trinajstić information content (AvgIpc) is 3.07. The molecule has 158 valence electrons. The zero-order valence-corrected chi connectivity index (χ0v) is 16.4. The Bertz CT molecular complexity index is 1120. The lowest BCUT2D eigenvalue weighted by Gasteiger charge is -2.07. The molecule has 1 aliphatic rings. The molecule has 1 saturated heterocycles. The van der Waals surface area contributed by atoms with E-state index in [0.29, 0.717) is 0 Å². The second-order valence-electron chi connectivity index (χ2n) is 6.09. The Balaban J connectivity index is 1.62. The molecule has 0 radical (unpaired) electrons. The van der Waals surface area contributed by atoms with Gasteiger partial charge >= 0.3 is 0 Å².